The summed E-state index contributed by atoms with van der Waals surface area (Å²) in [7, 11) is 0. The van der Waals surface area contributed by atoms with E-state index in [0.29, 0.717) is 30.6 Å². The number of nitrogens with zero attached hydrogens (tertiary/aromatic N) is 1. The minimum Gasteiger partial charge on any atom is -0.486 e. The molecule has 5 heteroatoms. The third-order valence-corrected chi connectivity index (χ3v) is 3.63. The minimum absolute atomic E-state index is 0.225. The van der Waals surface area contributed by atoms with Crippen LogP contribution in [-0.2, 0) is 9.53 Å². The second kappa shape index (κ2) is 8.67. The molecule has 2 aromatic rings. The van der Waals surface area contributed by atoms with Gasteiger partial charge in [0.25, 0.3) is 0 Å². The highest BCUT2D eigenvalue weighted by atomic mass is 16.6. The van der Waals surface area contributed by atoms with Gasteiger partial charge >= 0.3 is 5.97 Å². The van der Waals surface area contributed by atoms with E-state index in [1.54, 1.807) is 30.4 Å². The highest BCUT2D eigenvalue weighted by molar-refractivity contribution is 6.12. The van der Waals surface area contributed by atoms with Crippen LogP contribution >= 0.6 is 0 Å². The molecule has 0 fully saturated rings. The molecule has 5 nitrogen and oxygen atoms in total. The number of rotatable bonds is 8. The van der Waals surface area contributed by atoms with Gasteiger partial charge in [-0.1, -0.05) is 49.6 Å². The van der Waals surface area contributed by atoms with Crippen LogP contribution in [0, 0.1) is 0 Å². The van der Waals surface area contributed by atoms with E-state index in [2.05, 4.69) is 18.2 Å². The van der Waals surface area contributed by atoms with Crippen molar-refractivity contribution in [1.29, 1.82) is 0 Å². The molecular formula is C22H19NO4. The fraction of sp³-hybridized carbons (Fsp3) is 0.0909. The fourth-order valence-corrected chi connectivity index (χ4v) is 2.42. The molecular weight excluding hydrogens is 342 g/mol. The number of hydrogen-bond acceptors (Lipinski definition) is 5. The number of esters is 1. The molecule has 2 aromatic carbocycles. The Morgan fingerprint density at radius 1 is 0.963 bits per heavy atom. The first kappa shape index (κ1) is 18.2. The van der Waals surface area contributed by atoms with E-state index in [4.69, 9.17) is 14.2 Å². The second-order valence-corrected chi connectivity index (χ2v) is 5.61. The third-order valence-electron chi connectivity index (χ3n) is 3.63. The molecule has 1 aliphatic heterocycles. The van der Waals surface area contributed by atoms with E-state index < -0.39 is 5.97 Å². The lowest BCUT2D eigenvalue weighted by Crippen LogP contribution is -2.05. The van der Waals surface area contributed by atoms with Crippen molar-refractivity contribution in [3.05, 3.63) is 90.7 Å². The third kappa shape index (κ3) is 4.52. The van der Waals surface area contributed by atoms with Crippen molar-refractivity contribution in [3.8, 4) is 11.5 Å². The Labute approximate surface area is 157 Å². The lowest BCUT2D eigenvalue weighted by Gasteiger charge is -2.11. The zero-order chi connectivity index (χ0) is 19.1. The molecule has 136 valence electrons. The summed E-state index contributed by atoms with van der Waals surface area (Å²) in [6.07, 6.45) is 4.95. The molecule has 0 radical (unpaired) electrons. The van der Waals surface area contributed by atoms with Crippen molar-refractivity contribution >= 4 is 17.9 Å². The van der Waals surface area contributed by atoms with Crippen LogP contribution in [-0.4, -0.2) is 25.1 Å². The van der Waals surface area contributed by atoms with E-state index in [0.717, 1.165) is 11.1 Å². The molecule has 1 aliphatic rings. The monoisotopic (exact) mass is 361 g/mol. The maximum absolute atomic E-state index is 12.1. The van der Waals surface area contributed by atoms with E-state index in [-0.39, 0.29) is 5.70 Å². The Kier molecular flexibility index (Phi) is 5.84. The topological polar surface area (TPSA) is 57.1 Å². The van der Waals surface area contributed by atoms with Crippen molar-refractivity contribution in [2.45, 2.75) is 0 Å². The standard InChI is InChI=1S/C22H19NO4/c1-3-12-25-19-11-10-16(15-20(19)26-13-4-2)14-18-22(24)27-21(23-18)17-8-6-5-7-9-17/h3-11,14-15H,1-2,12-13H2/b18-14+. The largest absolute Gasteiger partial charge is 0.486 e. The normalized spacial score (nSPS) is 14.4. The Balaban J connectivity index is 1.89. The van der Waals surface area contributed by atoms with Gasteiger partial charge in [0.05, 0.1) is 0 Å². The van der Waals surface area contributed by atoms with Crippen molar-refractivity contribution in [3.63, 3.8) is 0 Å². The van der Waals surface area contributed by atoms with Crippen molar-refractivity contribution in [1.82, 2.24) is 0 Å². The van der Waals surface area contributed by atoms with Gasteiger partial charge in [-0.2, -0.15) is 0 Å². The number of cyclic esters (lactones) is 1. The number of ether oxygens (including phenoxy) is 3. The van der Waals surface area contributed by atoms with Crippen LogP contribution in [0.15, 0.2) is 84.5 Å². The Hall–Kier alpha value is -3.60. The van der Waals surface area contributed by atoms with E-state index in [1.165, 1.54) is 0 Å². The molecule has 3 rings (SSSR count). The van der Waals surface area contributed by atoms with Gasteiger partial charge in [0.2, 0.25) is 5.90 Å². The molecule has 0 atom stereocenters. The first-order valence-corrected chi connectivity index (χ1v) is 8.40. The van der Waals surface area contributed by atoms with E-state index >= 15 is 0 Å². The molecule has 1 heterocycles. The second-order valence-electron chi connectivity index (χ2n) is 5.61. The fourth-order valence-electron chi connectivity index (χ4n) is 2.42. The molecule has 0 saturated heterocycles. The molecule has 0 aromatic heterocycles. The van der Waals surface area contributed by atoms with Gasteiger partial charge < -0.3 is 14.2 Å². The zero-order valence-electron chi connectivity index (χ0n) is 14.8. The molecule has 0 aliphatic carbocycles. The van der Waals surface area contributed by atoms with Crippen LogP contribution in [0.5, 0.6) is 11.5 Å². The minimum atomic E-state index is -0.491. The maximum atomic E-state index is 12.1. The van der Waals surface area contributed by atoms with Crippen molar-refractivity contribution < 1.29 is 19.0 Å². The van der Waals surface area contributed by atoms with Crippen LogP contribution in [0.25, 0.3) is 6.08 Å². The van der Waals surface area contributed by atoms with Crippen LogP contribution in [0.1, 0.15) is 11.1 Å². The van der Waals surface area contributed by atoms with Gasteiger partial charge in [0, 0.05) is 5.56 Å². The van der Waals surface area contributed by atoms with Gasteiger partial charge in [0.15, 0.2) is 17.2 Å². The van der Waals surface area contributed by atoms with Gasteiger partial charge in [0.1, 0.15) is 13.2 Å². The predicted molar refractivity (Wildman–Crippen MR) is 105 cm³/mol. The first-order chi connectivity index (χ1) is 13.2. The summed E-state index contributed by atoms with van der Waals surface area (Å²) in [6.45, 7) is 7.98. The molecule has 0 bridgehead atoms. The van der Waals surface area contributed by atoms with Gasteiger partial charge in [-0.3, -0.25) is 0 Å². The molecule has 0 saturated carbocycles. The average Bonchev–Trinajstić information content (AvgIpc) is 3.06. The van der Waals surface area contributed by atoms with Crippen molar-refractivity contribution in [2.24, 2.45) is 4.99 Å². The molecule has 27 heavy (non-hydrogen) atoms. The van der Waals surface area contributed by atoms with Crippen LogP contribution in [0.2, 0.25) is 0 Å². The number of carbonyl (C=O) groups excluding carboxylic acids is 1. The van der Waals surface area contributed by atoms with Crippen LogP contribution in [0.3, 0.4) is 0 Å². The van der Waals surface area contributed by atoms with E-state index in [9.17, 15) is 4.79 Å². The summed E-state index contributed by atoms with van der Waals surface area (Å²) in [5.41, 5.74) is 1.71. The summed E-state index contributed by atoms with van der Waals surface area (Å²) in [6, 6.07) is 14.6. The maximum Gasteiger partial charge on any atom is 0.363 e. The van der Waals surface area contributed by atoms with Crippen LogP contribution in [0.4, 0.5) is 0 Å². The van der Waals surface area contributed by atoms with E-state index in [1.807, 2.05) is 36.4 Å². The summed E-state index contributed by atoms with van der Waals surface area (Å²) in [5, 5.41) is 0. The number of carbonyl (C=O) groups is 1. The molecule has 0 unspecified atom stereocenters. The highest BCUT2D eigenvalue weighted by Crippen LogP contribution is 2.30. The number of aliphatic imine (C=N–C) groups is 1. The lowest BCUT2D eigenvalue weighted by molar-refractivity contribution is -0.129. The van der Waals surface area contributed by atoms with Gasteiger partial charge in [-0.25, -0.2) is 9.79 Å². The average molecular weight is 361 g/mol. The molecule has 0 spiro atoms. The lowest BCUT2D eigenvalue weighted by atomic mass is 10.1. The Morgan fingerprint density at radius 3 is 2.37 bits per heavy atom. The molecule has 0 amide bonds. The summed E-state index contributed by atoms with van der Waals surface area (Å²) < 4.78 is 16.5. The van der Waals surface area contributed by atoms with Gasteiger partial charge in [-0.05, 0) is 35.9 Å². The van der Waals surface area contributed by atoms with Gasteiger partial charge in [-0.15, -0.1) is 0 Å². The quantitative estimate of drug-likeness (QED) is 0.402. The first-order valence-electron chi connectivity index (χ1n) is 8.40. The predicted octanol–water partition coefficient (Wildman–Crippen LogP) is 4.16. The molecule has 0 N–H and O–H groups in total. The SMILES string of the molecule is C=CCOc1ccc(/C=C2/N=C(c3ccccc3)OC2=O)cc1OCC=C. The van der Waals surface area contributed by atoms with Crippen molar-refractivity contribution in [2.75, 3.05) is 13.2 Å². The summed E-state index contributed by atoms with van der Waals surface area (Å²) >= 11 is 0. The highest BCUT2D eigenvalue weighted by Gasteiger charge is 2.24. The van der Waals surface area contributed by atoms with Crippen LogP contribution < -0.4 is 9.47 Å². The summed E-state index contributed by atoms with van der Waals surface area (Å²) in [4.78, 5) is 16.4. The number of benzene rings is 2. The Bertz CT molecular complexity index is 913. The Morgan fingerprint density at radius 2 is 1.67 bits per heavy atom. The smallest absolute Gasteiger partial charge is 0.363 e. The zero-order valence-corrected chi connectivity index (χ0v) is 14.8. The summed E-state index contributed by atoms with van der Waals surface area (Å²) in [5.74, 6) is 0.932. The number of hydrogen-bond donors (Lipinski definition) is 0.